The molecular weight excluding hydrogens is 332 g/mol. The molecule has 3 nitrogen and oxygen atoms in total. The van der Waals surface area contributed by atoms with E-state index in [0.717, 1.165) is 16.8 Å². The predicted octanol–water partition coefficient (Wildman–Crippen LogP) is 2.61. The molecular formula is C12H15BrN2OS2. The van der Waals surface area contributed by atoms with Gasteiger partial charge in [0.15, 0.2) is 0 Å². The van der Waals surface area contributed by atoms with Gasteiger partial charge in [0.25, 0.3) is 5.91 Å². The molecule has 1 aromatic rings. The summed E-state index contributed by atoms with van der Waals surface area (Å²) in [4.78, 5) is 12.0. The van der Waals surface area contributed by atoms with Gasteiger partial charge in [-0.25, -0.2) is 0 Å². The maximum atomic E-state index is 12.0. The SMILES string of the molecule is Nc1cc(C(=O)NCC2CSCCS2)ccc1Br. The average Bonchev–Trinajstić information content (AvgIpc) is 2.40. The molecule has 1 amide bonds. The molecule has 2 rings (SSSR count). The topological polar surface area (TPSA) is 55.1 Å². The molecule has 0 bridgehead atoms. The number of carbonyl (C=O) groups excluding carboxylic acids is 1. The van der Waals surface area contributed by atoms with Crippen LogP contribution in [-0.2, 0) is 0 Å². The molecule has 0 spiro atoms. The number of nitrogens with one attached hydrogen (secondary N) is 1. The van der Waals surface area contributed by atoms with Crippen molar-refractivity contribution < 1.29 is 4.79 Å². The summed E-state index contributed by atoms with van der Waals surface area (Å²) < 4.78 is 0.818. The number of halogens is 1. The largest absolute Gasteiger partial charge is 0.398 e. The second kappa shape index (κ2) is 6.73. The number of hydrogen-bond donors (Lipinski definition) is 2. The number of nitrogen functional groups attached to an aromatic ring is 1. The average molecular weight is 347 g/mol. The Balaban J connectivity index is 1.88. The van der Waals surface area contributed by atoms with Crippen LogP contribution in [0.4, 0.5) is 5.69 Å². The molecule has 0 aromatic heterocycles. The smallest absolute Gasteiger partial charge is 0.251 e. The summed E-state index contributed by atoms with van der Waals surface area (Å²) in [7, 11) is 0. The van der Waals surface area contributed by atoms with Gasteiger partial charge < -0.3 is 11.1 Å². The second-order valence-corrected chi connectivity index (χ2v) is 7.43. The highest BCUT2D eigenvalue weighted by Crippen LogP contribution is 2.23. The minimum Gasteiger partial charge on any atom is -0.398 e. The van der Waals surface area contributed by atoms with Crippen LogP contribution in [-0.4, -0.2) is 35.0 Å². The first-order chi connectivity index (χ1) is 8.66. The molecule has 1 unspecified atom stereocenters. The van der Waals surface area contributed by atoms with Crippen LogP contribution < -0.4 is 11.1 Å². The molecule has 1 aliphatic rings. The fraction of sp³-hybridized carbons (Fsp3) is 0.417. The third kappa shape index (κ3) is 3.83. The lowest BCUT2D eigenvalue weighted by Gasteiger charge is -2.21. The number of benzene rings is 1. The number of carbonyl (C=O) groups is 1. The van der Waals surface area contributed by atoms with Crippen LogP contribution >= 0.6 is 39.5 Å². The summed E-state index contributed by atoms with van der Waals surface area (Å²) in [6, 6.07) is 5.27. The lowest BCUT2D eigenvalue weighted by Crippen LogP contribution is -2.33. The Morgan fingerprint density at radius 3 is 3.00 bits per heavy atom. The molecule has 0 saturated carbocycles. The van der Waals surface area contributed by atoms with E-state index < -0.39 is 0 Å². The molecule has 1 atom stereocenters. The number of rotatable bonds is 3. The van der Waals surface area contributed by atoms with Crippen molar-refractivity contribution in [3.63, 3.8) is 0 Å². The Labute approximate surface area is 124 Å². The van der Waals surface area contributed by atoms with Crippen LogP contribution in [0, 0.1) is 0 Å². The third-order valence-corrected chi connectivity index (χ3v) is 6.20. The van der Waals surface area contributed by atoms with Crippen LogP contribution in [0.25, 0.3) is 0 Å². The van der Waals surface area contributed by atoms with Crippen molar-refractivity contribution in [2.75, 3.05) is 29.5 Å². The Morgan fingerprint density at radius 2 is 2.33 bits per heavy atom. The van der Waals surface area contributed by atoms with E-state index in [4.69, 9.17) is 5.73 Å². The number of anilines is 1. The van der Waals surface area contributed by atoms with Crippen molar-refractivity contribution in [3.05, 3.63) is 28.2 Å². The summed E-state index contributed by atoms with van der Waals surface area (Å²) in [5.41, 5.74) is 6.97. The van der Waals surface area contributed by atoms with Gasteiger partial charge >= 0.3 is 0 Å². The zero-order valence-electron chi connectivity index (χ0n) is 9.82. The highest BCUT2D eigenvalue weighted by atomic mass is 79.9. The molecule has 1 aromatic carbocycles. The van der Waals surface area contributed by atoms with Gasteiger partial charge in [0.2, 0.25) is 0 Å². The standard InChI is InChI=1S/C12H15BrN2OS2/c13-10-2-1-8(5-11(10)14)12(16)15-6-9-7-17-3-4-18-9/h1-2,5,9H,3-4,6-7,14H2,(H,15,16). The van der Waals surface area contributed by atoms with Crippen molar-refractivity contribution in [3.8, 4) is 0 Å². The van der Waals surface area contributed by atoms with E-state index in [1.54, 1.807) is 18.2 Å². The molecule has 1 saturated heterocycles. The Morgan fingerprint density at radius 1 is 1.50 bits per heavy atom. The monoisotopic (exact) mass is 346 g/mol. The Hall–Kier alpha value is -0.330. The zero-order chi connectivity index (χ0) is 13.0. The number of amides is 1. The second-order valence-electron chi connectivity index (χ2n) is 4.01. The number of thioether (sulfide) groups is 2. The fourth-order valence-corrected chi connectivity index (χ4v) is 4.51. The Bertz CT molecular complexity index is 436. The first kappa shape index (κ1) is 14.1. The van der Waals surface area contributed by atoms with Crippen LogP contribution in [0.3, 0.4) is 0 Å². The van der Waals surface area contributed by atoms with E-state index in [2.05, 4.69) is 21.2 Å². The van der Waals surface area contributed by atoms with Crippen molar-refractivity contribution in [1.82, 2.24) is 5.32 Å². The van der Waals surface area contributed by atoms with Crippen LogP contribution in [0.1, 0.15) is 10.4 Å². The first-order valence-electron chi connectivity index (χ1n) is 5.69. The molecule has 1 heterocycles. The van der Waals surface area contributed by atoms with Gasteiger partial charge in [-0.1, -0.05) is 0 Å². The predicted molar refractivity (Wildman–Crippen MR) is 84.5 cm³/mol. The normalized spacial score (nSPS) is 19.5. The summed E-state index contributed by atoms with van der Waals surface area (Å²) in [5.74, 6) is 3.47. The highest BCUT2D eigenvalue weighted by Gasteiger charge is 2.15. The van der Waals surface area contributed by atoms with E-state index in [1.165, 1.54) is 11.5 Å². The summed E-state index contributed by atoms with van der Waals surface area (Å²) in [6.07, 6.45) is 0. The van der Waals surface area contributed by atoms with Gasteiger partial charge in [0.05, 0.1) is 0 Å². The van der Waals surface area contributed by atoms with Gasteiger partial charge in [0, 0.05) is 44.8 Å². The number of nitrogens with two attached hydrogens (primary N) is 1. The van der Waals surface area contributed by atoms with Gasteiger partial charge in [-0.05, 0) is 34.1 Å². The molecule has 3 N–H and O–H groups in total. The van der Waals surface area contributed by atoms with Crippen LogP contribution in [0.15, 0.2) is 22.7 Å². The minimum absolute atomic E-state index is 0.0506. The van der Waals surface area contributed by atoms with E-state index in [-0.39, 0.29) is 5.91 Å². The lowest BCUT2D eigenvalue weighted by atomic mass is 10.2. The maximum absolute atomic E-state index is 12.0. The van der Waals surface area contributed by atoms with Gasteiger partial charge in [-0.2, -0.15) is 23.5 Å². The molecule has 1 fully saturated rings. The van der Waals surface area contributed by atoms with Gasteiger partial charge in [-0.15, -0.1) is 0 Å². The number of hydrogen-bond acceptors (Lipinski definition) is 4. The zero-order valence-corrected chi connectivity index (χ0v) is 13.0. The lowest BCUT2D eigenvalue weighted by molar-refractivity contribution is 0.0954. The van der Waals surface area contributed by atoms with E-state index in [0.29, 0.717) is 16.5 Å². The summed E-state index contributed by atoms with van der Waals surface area (Å²) in [5, 5.41) is 3.50. The molecule has 1 aliphatic heterocycles. The molecule has 18 heavy (non-hydrogen) atoms. The molecule has 6 heteroatoms. The van der Waals surface area contributed by atoms with E-state index >= 15 is 0 Å². The molecule has 0 aliphatic carbocycles. The van der Waals surface area contributed by atoms with Gasteiger partial charge in [0.1, 0.15) is 0 Å². The summed E-state index contributed by atoms with van der Waals surface area (Å²) >= 11 is 7.21. The van der Waals surface area contributed by atoms with Crippen molar-refractivity contribution in [2.45, 2.75) is 5.25 Å². The van der Waals surface area contributed by atoms with Crippen molar-refractivity contribution in [2.24, 2.45) is 0 Å². The summed E-state index contributed by atoms with van der Waals surface area (Å²) in [6.45, 7) is 0.729. The van der Waals surface area contributed by atoms with E-state index in [1.807, 2.05) is 23.5 Å². The highest BCUT2D eigenvalue weighted by molar-refractivity contribution is 9.10. The van der Waals surface area contributed by atoms with E-state index in [9.17, 15) is 4.79 Å². The maximum Gasteiger partial charge on any atom is 0.251 e. The Kier molecular flexibility index (Phi) is 5.26. The van der Waals surface area contributed by atoms with Crippen molar-refractivity contribution >= 4 is 51.0 Å². The molecule has 98 valence electrons. The third-order valence-electron chi connectivity index (χ3n) is 2.63. The quantitative estimate of drug-likeness (QED) is 0.826. The van der Waals surface area contributed by atoms with Crippen LogP contribution in [0.5, 0.6) is 0 Å². The fourth-order valence-electron chi connectivity index (χ4n) is 1.65. The minimum atomic E-state index is -0.0506. The first-order valence-corrected chi connectivity index (χ1v) is 8.69. The van der Waals surface area contributed by atoms with Gasteiger partial charge in [-0.3, -0.25) is 4.79 Å². The van der Waals surface area contributed by atoms with Crippen molar-refractivity contribution in [1.29, 1.82) is 0 Å². The van der Waals surface area contributed by atoms with Crippen LogP contribution in [0.2, 0.25) is 0 Å². The molecule has 0 radical (unpaired) electrons.